The van der Waals surface area contributed by atoms with Crippen molar-refractivity contribution in [1.29, 1.82) is 0 Å². The molecule has 2 amide bonds. The number of nitrogens with zero attached hydrogens (tertiary/aromatic N) is 2. The molecule has 2 aliphatic heterocycles. The first-order chi connectivity index (χ1) is 10.3. The molecule has 1 aromatic rings. The highest BCUT2D eigenvalue weighted by Gasteiger charge is 2.20. The molecule has 1 aromatic carbocycles. The summed E-state index contributed by atoms with van der Waals surface area (Å²) in [4.78, 5) is 26.5. The molecule has 0 saturated carbocycles. The van der Waals surface area contributed by atoms with Gasteiger partial charge in [-0.05, 0) is 30.0 Å². The molecule has 0 spiro atoms. The van der Waals surface area contributed by atoms with Gasteiger partial charge in [0.15, 0.2) is 0 Å². The van der Waals surface area contributed by atoms with Gasteiger partial charge in [0.25, 0.3) is 0 Å². The minimum atomic E-state index is 0.136. The van der Waals surface area contributed by atoms with Gasteiger partial charge in [0, 0.05) is 26.2 Å². The Hall–Kier alpha value is -2.04. The van der Waals surface area contributed by atoms with Crippen molar-refractivity contribution < 1.29 is 14.3 Å². The molecule has 1 saturated heterocycles. The van der Waals surface area contributed by atoms with Crippen LogP contribution in [0.4, 0.5) is 0 Å². The number of hydrogen-bond donors (Lipinski definition) is 0. The zero-order chi connectivity index (χ0) is 14.7. The van der Waals surface area contributed by atoms with Crippen LogP contribution >= 0.6 is 0 Å². The maximum Gasteiger partial charge on any atom is 0.227 e. The number of carbonyl (C=O) groups is 2. The van der Waals surface area contributed by atoms with Crippen molar-refractivity contribution in [2.75, 3.05) is 32.8 Å². The highest BCUT2D eigenvalue weighted by atomic mass is 16.5. The van der Waals surface area contributed by atoms with Crippen molar-refractivity contribution in [2.24, 2.45) is 0 Å². The summed E-state index contributed by atoms with van der Waals surface area (Å²) in [6.07, 6.45) is 3.34. The lowest BCUT2D eigenvalue weighted by Crippen LogP contribution is -2.48. The lowest BCUT2D eigenvalue weighted by molar-refractivity contribution is -0.134. The van der Waals surface area contributed by atoms with E-state index in [0.717, 1.165) is 37.2 Å². The number of amides is 2. The summed E-state index contributed by atoms with van der Waals surface area (Å²) in [7, 11) is 0. The Balaban J connectivity index is 1.61. The molecule has 0 N–H and O–H groups in total. The molecular formula is C16H20N2O3. The molecule has 1 fully saturated rings. The number of fused-ring (bicyclic) bond motifs is 1. The van der Waals surface area contributed by atoms with E-state index in [1.807, 2.05) is 17.0 Å². The third kappa shape index (κ3) is 3.17. The molecule has 0 unspecified atom stereocenters. The van der Waals surface area contributed by atoms with E-state index in [9.17, 15) is 9.59 Å². The predicted molar refractivity (Wildman–Crippen MR) is 78.2 cm³/mol. The minimum Gasteiger partial charge on any atom is -0.493 e. The van der Waals surface area contributed by atoms with Crippen molar-refractivity contribution in [3.63, 3.8) is 0 Å². The smallest absolute Gasteiger partial charge is 0.227 e. The van der Waals surface area contributed by atoms with Gasteiger partial charge in [-0.25, -0.2) is 0 Å². The van der Waals surface area contributed by atoms with Crippen molar-refractivity contribution >= 4 is 12.3 Å². The van der Waals surface area contributed by atoms with Crippen molar-refractivity contribution in [3.05, 3.63) is 29.3 Å². The Labute approximate surface area is 124 Å². The first-order valence-electron chi connectivity index (χ1n) is 7.48. The Kier molecular flexibility index (Phi) is 4.08. The van der Waals surface area contributed by atoms with Crippen LogP contribution in [0.2, 0.25) is 0 Å². The van der Waals surface area contributed by atoms with Crippen LogP contribution in [0.3, 0.4) is 0 Å². The number of carbonyl (C=O) groups excluding carboxylic acids is 2. The zero-order valence-electron chi connectivity index (χ0n) is 12.1. The van der Waals surface area contributed by atoms with Gasteiger partial charge in [0.05, 0.1) is 13.0 Å². The largest absolute Gasteiger partial charge is 0.493 e. The summed E-state index contributed by atoms with van der Waals surface area (Å²) >= 11 is 0. The second-order valence-corrected chi connectivity index (χ2v) is 5.59. The van der Waals surface area contributed by atoms with Crippen molar-refractivity contribution in [2.45, 2.75) is 19.3 Å². The summed E-state index contributed by atoms with van der Waals surface area (Å²) in [6, 6.07) is 6.04. The number of ether oxygens (including phenoxy) is 1. The van der Waals surface area contributed by atoms with E-state index in [2.05, 4.69) is 6.07 Å². The second kappa shape index (κ2) is 6.16. The topological polar surface area (TPSA) is 49.9 Å². The summed E-state index contributed by atoms with van der Waals surface area (Å²) in [5.74, 6) is 1.09. The molecule has 0 aromatic heterocycles. The van der Waals surface area contributed by atoms with E-state index in [-0.39, 0.29) is 5.91 Å². The van der Waals surface area contributed by atoms with E-state index >= 15 is 0 Å². The number of rotatable bonds is 3. The van der Waals surface area contributed by atoms with Crippen LogP contribution < -0.4 is 4.74 Å². The fourth-order valence-corrected chi connectivity index (χ4v) is 2.89. The number of hydrogen-bond acceptors (Lipinski definition) is 3. The summed E-state index contributed by atoms with van der Waals surface area (Å²) < 4.78 is 5.59. The minimum absolute atomic E-state index is 0.136. The zero-order valence-corrected chi connectivity index (χ0v) is 12.1. The van der Waals surface area contributed by atoms with Gasteiger partial charge in [-0.2, -0.15) is 0 Å². The van der Waals surface area contributed by atoms with Crippen molar-refractivity contribution in [1.82, 2.24) is 9.80 Å². The fourth-order valence-electron chi connectivity index (χ4n) is 2.89. The fraction of sp³-hybridized carbons (Fsp3) is 0.500. The summed E-state index contributed by atoms with van der Waals surface area (Å²) in [5, 5.41) is 0. The SMILES string of the molecule is O=CN1CCN(C(=O)Cc2ccc3c(c2)CCCO3)CC1. The predicted octanol–water partition coefficient (Wildman–Crippen LogP) is 0.855. The third-order valence-corrected chi connectivity index (χ3v) is 4.14. The van der Waals surface area contributed by atoms with Crippen LogP contribution in [0, 0.1) is 0 Å². The second-order valence-electron chi connectivity index (χ2n) is 5.59. The molecule has 5 nitrogen and oxygen atoms in total. The molecule has 0 bridgehead atoms. The lowest BCUT2D eigenvalue weighted by Gasteiger charge is -2.32. The molecule has 21 heavy (non-hydrogen) atoms. The first-order valence-corrected chi connectivity index (χ1v) is 7.48. The number of piperazine rings is 1. The molecule has 0 radical (unpaired) electrons. The average molecular weight is 288 g/mol. The van der Waals surface area contributed by atoms with Crippen LogP contribution in [0.1, 0.15) is 17.5 Å². The van der Waals surface area contributed by atoms with Gasteiger partial charge in [0.2, 0.25) is 12.3 Å². The van der Waals surface area contributed by atoms with E-state index in [1.165, 1.54) is 5.56 Å². The Morgan fingerprint density at radius 3 is 2.81 bits per heavy atom. The van der Waals surface area contributed by atoms with E-state index in [1.54, 1.807) is 4.90 Å². The molecule has 3 rings (SSSR count). The molecule has 0 atom stereocenters. The molecule has 2 aliphatic rings. The molecule has 5 heteroatoms. The maximum absolute atomic E-state index is 12.3. The van der Waals surface area contributed by atoms with Crippen LogP contribution in [0.5, 0.6) is 5.75 Å². The average Bonchev–Trinajstić information content (AvgIpc) is 2.55. The Morgan fingerprint density at radius 1 is 1.24 bits per heavy atom. The van der Waals surface area contributed by atoms with Crippen LogP contribution in [0.25, 0.3) is 0 Å². The van der Waals surface area contributed by atoms with Gasteiger partial charge in [0.1, 0.15) is 5.75 Å². The van der Waals surface area contributed by atoms with Crippen LogP contribution in [0.15, 0.2) is 18.2 Å². The number of benzene rings is 1. The quantitative estimate of drug-likeness (QED) is 0.775. The standard InChI is InChI=1S/C16H20N2O3/c19-12-17-5-7-18(8-6-17)16(20)11-13-3-4-15-14(10-13)2-1-9-21-15/h3-4,10,12H,1-2,5-9,11H2. The molecule has 0 aliphatic carbocycles. The number of aryl methyl sites for hydroxylation is 1. The summed E-state index contributed by atoms with van der Waals surface area (Å²) in [5.41, 5.74) is 2.25. The third-order valence-electron chi connectivity index (χ3n) is 4.14. The van der Waals surface area contributed by atoms with E-state index < -0.39 is 0 Å². The normalized spacial score (nSPS) is 17.9. The van der Waals surface area contributed by atoms with E-state index in [0.29, 0.717) is 32.6 Å². The Bertz CT molecular complexity index is 536. The molecule has 2 heterocycles. The highest BCUT2D eigenvalue weighted by molar-refractivity contribution is 5.79. The van der Waals surface area contributed by atoms with E-state index in [4.69, 9.17) is 4.74 Å². The van der Waals surface area contributed by atoms with Gasteiger partial charge in [-0.3, -0.25) is 9.59 Å². The van der Waals surface area contributed by atoms with Crippen LogP contribution in [-0.2, 0) is 22.4 Å². The van der Waals surface area contributed by atoms with Gasteiger partial charge < -0.3 is 14.5 Å². The maximum atomic E-state index is 12.3. The lowest BCUT2D eigenvalue weighted by atomic mass is 10.0. The monoisotopic (exact) mass is 288 g/mol. The molecule has 112 valence electrons. The molecular weight excluding hydrogens is 268 g/mol. The Morgan fingerprint density at radius 2 is 2.05 bits per heavy atom. The van der Waals surface area contributed by atoms with Crippen molar-refractivity contribution in [3.8, 4) is 5.75 Å². The van der Waals surface area contributed by atoms with Gasteiger partial charge in [-0.15, -0.1) is 0 Å². The highest BCUT2D eigenvalue weighted by Crippen LogP contribution is 2.25. The summed E-state index contributed by atoms with van der Waals surface area (Å²) in [6.45, 7) is 3.31. The first kappa shape index (κ1) is 13.9. The van der Waals surface area contributed by atoms with Gasteiger partial charge >= 0.3 is 0 Å². The van der Waals surface area contributed by atoms with Crippen LogP contribution in [-0.4, -0.2) is 54.9 Å². The van der Waals surface area contributed by atoms with Gasteiger partial charge in [-0.1, -0.05) is 12.1 Å².